The predicted octanol–water partition coefficient (Wildman–Crippen LogP) is 1.81. The zero-order valence-corrected chi connectivity index (χ0v) is 8.83. The van der Waals surface area contributed by atoms with Crippen LogP contribution in [0.2, 0.25) is 0 Å². The number of nitriles is 2. The first kappa shape index (κ1) is 15.0. The lowest BCUT2D eigenvalue weighted by molar-refractivity contribution is -0.162. The maximum atomic E-state index is 11.8. The van der Waals surface area contributed by atoms with E-state index in [9.17, 15) is 18.0 Å². The van der Waals surface area contributed by atoms with E-state index in [0.29, 0.717) is 0 Å². The molecule has 0 rings (SSSR count). The van der Waals surface area contributed by atoms with Crippen molar-refractivity contribution in [1.82, 2.24) is 4.90 Å². The molecule has 0 aromatic heterocycles. The summed E-state index contributed by atoms with van der Waals surface area (Å²) in [4.78, 5) is 12.1. The number of hydrogen-bond donors (Lipinski definition) is 0. The van der Waals surface area contributed by atoms with E-state index >= 15 is 0 Å². The Balaban J connectivity index is 4.23. The fourth-order valence-corrected chi connectivity index (χ4v) is 0.899. The quantitative estimate of drug-likeness (QED) is 0.744. The maximum Gasteiger partial charge on any atom is 0.422 e. The Morgan fingerprint density at radius 2 is 1.65 bits per heavy atom. The summed E-state index contributed by atoms with van der Waals surface area (Å²) >= 11 is 0. The average Bonchev–Trinajstić information content (AvgIpc) is 2.25. The minimum atomic E-state index is -4.59. The van der Waals surface area contributed by atoms with Crippen molar-refractivity contribution in [2.75, 3.05) is 19.7 Å². The number of ether oxygens (including phenoxy) is 1. The molecule has 0 aliphatic carbocycles. The highest BCUT2D eigenvalue weighted by molar-refractivity contribution is 5.67. The Hall–Kier alpha value is -1.96. The number of hydrogen-bond acceptors (Lipinski definition) is 4. The first-order valence-electron chi connectivity index (χ1n) is 4.63. The van der Waals surface area contributed by atoms with E-state index in [1.807, 2.05) is 0 Å². The van der Waals surface area contributed by atoms with Crippen LogP contribution < -0.4 is 0 Å². The smallest absolute Gasteiger partial charge is 0.422 e. The molecule has 0 aromatic rings. The summed E-state index contributed by atoms with van der Waals surface area (Å²) in [5.74, 6) is 0. The molecule has 0 saturated carbocycles. The lowest BCUT2D eigenvalue weighted by Gasteiger charge is -2.20. The monoisotopic (exact) mass is 249 g/mol. The van der Waals surface area contributed by atoms with Gasteiger partial charge in [0.2, 0.25) is 0 Å². The van der Waals surface area contributed by atoms with Crippen molar-refractivity contribution in [2.45, 2.75) is 19.0 Å². The molecular formula is C9H10F3N3O2. The molecule has 0 aliphatic heterocycles. The van der Waals surface area contributed by atoms with E-state index in [2.05, 4.69) is 4.74 Å². The Morgan fingerprint density at radius 1 is 1.18 bits per heavy atom. The fourth-order valence-electron chi connectivity index (χ4n) is 0.899. The number of rotatable bonds is 5. The SMILES string of the molecule is N#CCCN(CCC#N)C(=O)OCC(F)(F)F. The topological polar surface area (TPSA) is 77.1 Å². The van der Waals surface area contributed by atoms with Gasteiger partial charge in [0.15, 0.2) is 6.61 Å². The zero-order valence-electron chi connectivity index (χ0n) is 8.83. The molecule has 0 heterocycles. The Labute approximate surface area is 96.0 Å². The highest BCUT2D eigenvalue weighted by atomic mass is 19.4. The summed E-state index contributed by atoms with van der Waals surface area (Å²) in [5.41, 5.74) is 0. The molecule has 0 aliphatic rings. The Kier molecular flexibility index (Phi) is 6.49. The van der Waals surface area contributed by atoms with Crippen LogP contribution in [0.15, 0.2) is 0 Å². The number of amides is 1. The van der Waals surface area contributed by atoms with Gasteiger partial charge in [0.05, 0.1) is 25.0 Å². The van der Waals surface area contributed by atoms with Gasteiger partial charge in [-0.25, -0.2) is 4.79 Å². The normalized spacial score (nSPS) is 10.2. The first-order chi connectivity index (χ1) is 7.90. The molecular weight excluding hydrogens is 239 g/mol. The van der Waals surface area contributed by atoms with Crippen molar-refractivity contribution in [3.63, 3.8) is 0 Å². The van der Waals surface area contributed by atoms with Gasteiger partial charge in [0, 0.05) is 13.1 Å². The van der Waals surface area contributed by atoms with Crippen LogP contribution >= 0.6 is 0 Å². The summed E-state index contributed by atoms with van der Waals surface area (Å²) < 4.78 is 39.4. The lowest BCUT2D eigenvalue weighted by Crippen LogP contribution is -2.35. The van der Waals surface area contributed by atoms with Gasteiger partial charge in [-0.2, -0.15) is 23.7 Å². The molecule has 0 bridgehead atoms. The summed E-state index contributed by atoms with van der Waals surface area (Å²) in [6, 6.07) is 3.49. The van der Waals surface area contributed by atoms with Crippen LogP contribution in [-0.2, 0) is 4.74 Å². The van der Waals surface area contributed by atoms with Gasteiger partial charge >= 0.3 is 12.3 Å². The van der Waals surface area contributed by atoms with Crippen LogP contribution in [0.3, 0.4) is 0 Å². The van der Waals surface area contributed by atoms with Crippen molar-refractivity contribution in [3.05, 3.63) is 0 Å². The lowest BCUT2D eigenvalue weighted by atomic mass is 10.4. The van der Waals surface area contributed by atoms with Gasteiger partial charge in [-0.15, -0.1) is 0 Å². The molecule has 0 aromatic carbocycles. The van der Waals surface area contributed by atoms with Crippen LogP contribution in [0, 0.1) is 22.7 Å². The van der Waals surface area contributed by atoms with E-state index in [1.165, 1.54) is 0 Å². The van der Waals surface area contributed by atoms with E-state index in [-0.39, 0.29) is 25.9 Å². The third kappa shape index (κ3) is 7.91. The summed E-state index contributed by atoms with van der Waals surface area (Å²) in [6.45, 7) is -1.80. The molecule has 94 valence electrons. The first-order valence-corrected chi connectivity index (χ1v) is 4.63. The fraction of sp³-hybridized carbons (Fsp3) is 0.667. The van der Waals surface area contributed by atoms with Crippen molar-refractivity contribution in [3.8, 4) is 12.1 Å². The largest absolute Gasteiger partial charge is 0.440 e. The second-order valence-electron chi connectivity index (χ2n) is 2.97. The highest BCUT2D eigenvalue weighted by Crippen LogP contribution is 2.15. The van der Waals surface area contributed by atoms with Gasteiger partial charge in [0.25, 0.3) is 0 Å². The molecule has 0 saturated heterocycles. The second-order valence-corrected chi connectivity index (χ2v) is 2.97. The van der Waals surface area contributed by atoms with E-state index in [0.717, 1.165) is 4.90 Å². The molecule has 0 atom stereocenters. The van der Waals surface area contributed by atoms with Crippen LogP contribution in [0.5, 0.6) is 0 Å². The minimum absolute atomic E-state index is 0.0352. The van der Waals surface area contributed by atoms with Gasteiger partial charge in [-0.1, -0.05) is 0 Å². The maximum absolute atomic E-state index is 11.8. The molecule has 1 amide bonds. The molecule has 17 heavy (non-hydrogen) atoms. The molecule has 0 radical (unpaired) electrons. The molecule has 0 unspecified atom stereocenters. The highest BCUT2D eigenvalue weighted by Gasteiger charge is 2.30. The Bertz CT molecular complexity index is 312. The minimum Gasteiger partial charge on any atom is -0.440 e. The van der Waals surface area contributed by atoms with Gasteiger partial charge in [-0.05, 0) is 0 Å². The number of nitrogens with zero attached hydrogens (tertiary/aromatic N) is 3. The van der Waals surface area contributed by atoms with Crippen molar-refractivity contribution < 1.29 is 22.7 Å². The summed E-state index contributed by atoms with van der Waals surface area (Å²) in [5, 5.41) is 16.6. The number of halogens is 3. The van der Waals surface area contributed by atoms with Crippen molar-refractivity contribution >= 4 is 6.09 Å². The summed E-state index contributed by atoms with van der Waals surface area (Å²) in [6.07, 6.45) is -5.84. The van der Waals surface area contributed by atoms with Crippen LogP contribution in [0.25, 0.3) is 0 Å². The van der Waals surface area contributed by atoms with Gasteiger partial charge < -0.3 is 9.64 Å². The zero-order chi connectivity index (χ0) is 13.3. The number of alkyl halides is 3. The molecule has 5 nitrogen and oxygen atoms in total. The van der Waals surface area contributed by atoms with Crippen LogP contribution in [-0.4, -0.2) is 36.9 Å². The van der Waals surface area contributed by atoms with E-state index in [4.69, 9.17) is 10.5 Å². The molecule has 0 N–H and O–H groups in total. The molecule has 0 spiro atoms. The van der Waals surface area contributed by atoms with Gasteiger partial charge in [0.1, 0.15) is 0 Å². The predicted molar refractivity (Wildman–Crippen MR) is 49.4 cm³/mol. The third-order valence-corrected chi connectivity index (χ3v) is 1.60. The summed E-state index contributed by atoms with van der Waals surface area (Å²) in [7, 11) is 0. The second kappa shape index (κ2) is 7.34. The van der Waals surface area contributed by atoms with Crippen LogP contribution in [0.1, 0.15) is 12.8 Å². The third-order valence-electron chi connectivity index (χ3n) is 1.60. The number of carbonyl (C=O) groups is 1. The number of carbonyl (C=O) groups excluding carboxylic acids is 1. The van der Waals surface area contributed by atoms with Crippen molar-refractivity contribution in [2.24, 2.45) is 0 Å². The van der Waals surface area contributed by atoms with Crippen LogP contribution in [0.4, 0.5) is 18.0 Å². The van der Waals surface area contributed by atoms with E-state index in [1.54, 1.807) is 12.1 Å². The van der Waals surface area contributed by atoms with E-state index < -0.39 is 18.9 Å². The average molecular weight is 249 g/mol. The Morgan fingerprint density at radius 3 is 2.00 bits per heavy atom. The molecule has 0 fully saturated rings. The molecule has 8 heteroatoms. The van der Waals surface area contributed by atoms with Gasteiger partial charge in [-0.3, -0.25) is 0 Å². The standard InChI is InChI=1S/C9H10F3N3O2/c10-9(11,12)7-17-8(16)15(5-1-3-13)6-2-4-14/h1-2,5-7H2. The van der Waals surface area contributed by atoms with Crippen molar-refractivity contribution in [1.29, 1.82) is 10.5 Å².